The van der Waals surface area contributed by atoms with Crippen molar-refractivity contribution >= 4 is 40.8 Å². The smallest absolute Gasteiger partial charge is 0.307 e. The molecule has 2 atom stereocenters. The van der Waals surface area contributed by atoms with Gasteiger partial charge in [0.15, 0.2) is 0 Å². The standard InChI is InChI=1S/C16H17Cl2NO3/c1-8-3-13(14(16(21)22)4-9(8)2)15(20)19-12-6-10(17)5-11(18)7-12/h5-7,13-14H,3-4H2,1-2H3,(H,19,20)(H,21,22)/t13-,14-/m0/s1. The number of halogens is 2. The van der Waals surface area contributed by atoms with E-state index in [4.69, 9.17) is 23.2 Å². The van der Waals surface area contributed by atoms with E-state index in [1.54, 1.807) is 18.2 Å². The molecule has 0 unspecified atom stereocenters. The fraction of sp³-hybridized carbons (Fsp3) is 0.375. The predicted molar refractivity (Wildman–Crippen MR) is 87.3 cm³/mol. The molecule has 118 valence electrons. The molecule has 1 aromatic carbocycles. The predicted octanol–water partition coefficient (Wildman–Crippen LogP) is 4.38. The highest BCUT2D eigenvalue weighted by Crippen LogP contribution is 2.35. The van der Waals surface area contributed by atoms with Crippen LogP contribution in [0.2, 0.25) is 10.0 Å². The molecule has 1 aliphatic rings. The second-order valence-corrected chi connectivity index (χ2v) is 6.54. The number of allylic oxidation sites excluding steroid dienone is 2. The van der Waals surface area contributed by atoms with Gasteiger partial charge in [0.2, 0.25) is 5.91 Å². The average Bonchev–Trinajstić information content (AvgIpc) is 2.39. The molecular formula is C16H17Cl2NO3. The number of carbonyl (C=O) groups excluding carboxylic acids is 1. The van der Waals surface area contributed by atoms with E-state index in [2.05, 4.69) is 5.32 Å². The molecule has 1 aliphatic carbocycles. The van der Waals surface area contributed by atoms with Gasteiger partial charge in [-0.1, -0.05) is 34.3 Å². The van der Waals surface area contributed by atoms with Crippen molar-refractivity contribution in [2.75, 3.05) is 5.32 Å². The van der Waals surface area contributed by atoms with Crippen molar-refractivity contribution in [3.05, 3.63) is 39.4 Å². The fourth-order valence-corrected chi connectivity index (χ4v) is 3.21. The normalized spacial score (nSPS) is 21.6. The van der Waals surface area contributed by atoms with Gasteiger partial charge in [0, 0.05) is 15.7 Å². The summed E-state index contributed by atoms with van der Waals surface area (Å²) < 4.78 is 0. The number of amides is 1. The van der Waals surface area contributed by atoms with E-state index in [1.807, 2.05) is 13.8 Å². The molecule has 22 heavy (non-hydrogen) atoms. The third-order valence-corrected chi connectivity index (χ3v) is 4.49. The first-order chi connectivity index (χ1) is 10.3. The molecule has 1 amide bonds. The Bertz CT molecular complexity index is 635. The number of hydrogen-bond acceptors (Lipinski definition) is 2. The average molecular weight is 342 g/mol. The molecule has 4 nitrogen and oxygen atoms in total. The van der Waals surface area contributed by atoms with Crippen LogP contribution >= 0.6 is 23.2 Å². The van der Waals surface area contributed by atoms with Crippen molar-refractivity contribution in [3.8, 4) is 0 Å². The van der Waals surface area contributed by atoms with Crippen molar-refractivity contribution in [1.29, 1.82) is 0 Å². The lowest BCUT2D eigenvalue weighted by atomic mass is 9.76. The van der Waals surface area contributed by atoms with Crippen molar-refractivity contribution in [2.24, 2.45) is 11.8 Å². The van der Waals surface area contributed by atoms with Crippen molar-refractivity contribution in [3.63, 3.8) is 0 Å². The zero-order chi connectivity index (χ0) is 16.4. The first kappa shape index (κ1) is 16.8. The van der Waals surface area contributed by atoms with Crippen LogP contribution in [0.5, 0.6) is 0 Å². The summed E-state index contributed by atoms with van der Waals surface area (Å²) in [7, 11) is 0. The molecule has 0 saturated heterocycles. The maximum absolute atomic E-state index is 12.5. The first-order valence-electron chi connectivity index (χ1n) is 6.93. The monoisotopic (exact) mass is 341 g/mol. The van der Waals surface area contributed by atoms with E-state index >= 15 is 0 Å². The number of carboxylic acids is 1. The Morgan fingerprint density at radius 3 is 2.05 bits per heavy atom. The first-order valence-corrected chi connectivity index (χ1v) is 7.68. The molecule has 2 rings (SSSR count). The Hall–Kier alpha value is -1.52. The number of carbonyl (C=O) groups is 2. The number of nitrogens with one attached hydrogen (secondary N) is 1. The second kappa shape index (κ2) is 6.71. The number of hydrogen-bond donors (Lipinski definition) is 2. The summed E-state index contributed by atoms with van der Waals surface area (Å²) in [6, 6.07) is 4.73. The third-order valence-electron chi connectivity index (χ3n) is 4.05. The van der Waals surface area contributed by atoms with Crippen LogP contribution in [0.1, 0.15) is 26.7 Å². The van der Waals surface area contributed by atoms with E-state index in [-0.39, 0.29) is 5.91 Å². The molecule has 0 heterocycles. The van der Waals surface area contributed by atoms with Gasteiger partial charge in [-0.15, -0.1) is 0 Å². The Kier molecular flexibility index (Phi) is 5.14. The van der Waals surface area contributed by atoms with E-state index in [1.165, 1.54) is 0 Å². The van der Waals surface area contributed by atoms with Crippen LogP contribution in [-0.2, 0) is 9.59 Å². The van der Waals surface area contributed by atoms with Crippen LogP contribution in [0, 0.1) is 11.8 Å². The Morgan fingerprint density at radius 1 is 1.05 bits per heavy atom. The van der Waals surface area contributed by atoms with E-state index in [0.717, 1.165) is 11.1 Å². The zero-order valence-electron chi connectivity index (χ0n) is 12.3. The molecule has 0 bridgehead atoms. The maximum Gasteiger partial charge on any atom is 0.307 e. The molecule has 0 aliphatic heterocycles. The minimum atomic E-state index is -0.948. The minimum absolute atomic E-state index is 0.322. The summed E-state index contributed by atoms with van der Waals surface area (Å²) in [5, 5.41) is 12.9. The van der Waals surface area contributed by atoms with E-state index in [9.17, 15) is 14.7 Å². The minimum Gasteiger partial charge on any atom is -0.481 e. The van der Waals surface area contributed by atoms with Gasteiger partial charge in [0.1, 0.15) is 0 Å². The van der Waals surface area contributed by atoms with Gasteiger partial charge >= 0.3 is 5.97 Å². The van der Waals surface area contributed by atoms with Gasteiger partial charge in [0.25, 0.3) is 0 Å². The lowest BCUT2D eigenvalue weighted by Crippen LogP contribution is -2.36. The molecule has 0 spiro atoms. The van der Waals surface area contributed by atoms with Crippen molar-refractivity contribution in [2.45, 2.75) is 26.7 Å². The lowest BCUT2D eigenvalue weighted by Gasteiger charge is -2.29. The van der Waals surface area contributed by atoms with Gasteiger partial charge in [-0.05, 0) is 44.9 Å². The molecule has 0 fully saturated rings. The summed E-state index contributed by atoms with van der Waals surface area (Å²) in [6.45, 7) is 3.85. The number of aliphatic carboxylic acids is 1. The lowest BCUT2D eigenvalue weighted by molar-refractivity contribution is -0.146. The summed E-state index contributed by atoms with van der Waals surface area (Å²) in [5.41, 5.74) is 2.58. The highest BCUT2D eigenvalue weighted by atomic mass is 35.5. The molecule has 0 aromatic heterocycles. The Labute approximate surface area is 139 Å². The van der Waals surface area contributed by atoms with Crippen molar-refractivity contribution in [1.82, 2.24) is 0 Å². The van der Waals surface area contributed by atoms with Crippen LogP contribution < -0.4 is 5.32 Å². The Balaban J connectivity index is 2.21. The molecule has 0 saturated carbocycles. The summed E-state index contributed by atoms with van der Waals surface area (Å²) >= 11 is 11.8. The second-order valence-electron chi connectivity index (χ2n) is 5.67. The Morgan fingerprint density at radius 2 is 1.55 bits per heavy atom. The van der Waals surface area contributed by atoms with Crippen molar-refractivity contribution < 1.29 is 14.7 Å². The van der Waals surface area contributed by atoms with Crippen LogP contribution in [0.15, 0.2) is 29.3 Å². The van der Waals surface area contributed by atoms with E-state index < -0.39 is 17.8 Å². The molecular weight excluding hydrogens is 325 g/mol. The zero-order valence-corrected chi connectivity index (χ0v) is 13.8. The molecule has 2 N–H and O–H groups in total. The number of anilines is 1. The largest absolute Gasteiger partial charge is 0.481 e. The molecule has 1 aromatic rings. The number of carboxylic acid groups (broad SMARTS) is 1. The highest BCUT2D eigenvalue weighted by Gasteiger charge is 2.37. The highest BCUT2D eigenvalue weighted by molar-refractivity contribution is 6.35. The van der Waals surface area contributed by atoms with Gasteiger partial charge in [-0.2, -0.15) is 0 Å². The fourth-order valence-electron chi connectivity index (χ4n) is 2.69. The van der Waals surface area contributed by atoms with Gasteiger partial charge < -0.3 is 10.4 Å². The maximum atomic E-state index is 12.5. The van der Waals surface area contributed by atoms with Gasteiger partial charge in [-0.25, -0.2) is 0 Å². The summed E-state index contributed by atoms with van der Waals surface area (Å²) in [4.78, 5) is 23.9. The topological polar surface area (TPSA) is 66.4 Å². The van der Waals surface area contributed by atoms with E-state index in [0.29, 0.717) is 28.6 Å². The van der Waals surface area contributed by atoms with Gasteiger partial charge in [0.05, 0.1) is 11.8 Å². The molecule has 6 heteroatoms. The van der Waals surface area contributed by atoms with Gasteiger partial charge in [-0.3, -0.25) is 9.59 Å². The van der Waals surface area contributed by atoms with Crippen LogP contribution in [-0.4, -0.2) is 17.0 Å². The number of benzene rings is 1. The number of rotatable bonds is 3. The quantitative estimate of drug-likeness (QED) is 0.801. The molecule has 0 radical (unpaired) electrons. The summed E-state index contributed by atoms with van der Waals surface area (Å²) in [5.74, 6) is -2.58. The van der Waals surface area contributed by atoms with Crippen LogP contribution in [0.25, 0.3) is 0 Å². The van der Waals surface area contributed by atoms with Crippen LogP contribution in [0.4, 0.5) is 5.69 Å². The van der Waals surface area contributed by atoms with Crippen LogP contribution in [0.3, 0.4) is 0 Å². The summed E-state index contributed by atoms with van der Waals surface area (Å²) in [6.07, 6.45) is 0.846. The SMILES string of the molecule is CC1=C(C)C[C@H](C(=O)Nc2cc(Cl)cc(Cl)c2)[C@@H](C(=O)O)C1. The third kappa shape index (κ3) is 3.81.